The van der Waals surface area contributed by atoms with Crippen molar-refractivity contribution in [1.29, 1.82) is 0 Å². The summed E-state index contributed by atoms with van der Waals surface area (Å²) in [6.07, 6.45) is 0.396. The van der Waals surface area contributed by atoms with Crippen LogP contribution in [0.2, 0.25) is 0 Å². The van der Waals surface area contributed by atoms with Gasteiger partial charge in [-0.1, -0.05) is 30.3 Å². The third kappa shape index (κ3) is 2.82. The van der Waals surface area contributed by atoms with Crippen molar-refractivity contribution in [2.75, 3.05) is 6.54 Å². The fourth-order valence-corrected chi connectivity index (χ4v) is 1.97. The Hall–Kier alpha value is -1.88. The van der Waals surface area contributed by atoms with Gasteiger partial charge in [-0.05, 0) is 5.56 Å². The predicted molar refractivity (Wildman–Crippen MR) is 60.9 cm³/mol. The van der Waals surface area contributed by atoms with Gasteiger partial charge in [-0.15, -0.1) is 0 Å². The molecule has 1 atom stereocenters. The molecule has 0 radical (unpaired) electrons. The number of carbonyl (C=O) groups is 2. The minimum absolute atomic E-state index is 0.0175. The topological polar surface area (TPSA) is 69.6 Å². The van der Waals surface area contributed by atoms with E-state index >= 15 is 0 Å². The smallest absolute Gasteiger partial charge is 0.304 e. The van der Waals surface area contributed by atoms with E-state index in [-0.39, 0.29) is 18.4 Å². The number of rotatable bonds is 4. The standard InChI is InChI=1S/C12H14N2O3/c15-11-8-10(9-4-2-1-3-5-9)14(13-11)7-6-12(16)17/h1-5,10H,6-8H2,(H,13,15)(H,16,17). The van der Waals surface area contributed by atoms with Gasteiger partial charge in [0, 0.05) is 13.0 Å². The first-order chi connectivity index (χ1) is 8.16. The normalized spacial score (nSPS) is 20.2. The number of hydrogen-bond donors (Lipinski definition) is 2. The molecule has 1 unspecified atom stereocenters. The van der Waals surface area contributed by atoms with Crippen LogP contribution in [0.3, 0.4) is 0 Å². The third-order valence-electron chi connectivity index (χ3n) is 2.77. The number of carboxylic acids is 1. The molecule has 1 heterocycles. The van der Waals surface area contributed by atoms with Crippen molar-refractivity contribution in [1.82, 2.24) is 10.4 Å². The van der Waals surface area contributed by atoms with Crippen LogP contribution in [-0.2, 0) is 9.59 Å². The van der Waals surface area contributed by atoms with Gasteiger partial charge in [0.2, 0.25) is 5.91 Å². The first-order valence-corrected chi connectivity index (χ1v) is 5.49. The Morgan fingerprint density at radius 1 is 1.41 bits per heavy atom. The zero-order valence-corrected chi connectivity index (χ0v) is 9.30. The van der Waals surface area contributed by atoms with E-state index in [1.165, 1.54) is 0 Å². The minimum Gasteiger partial charge on any atom is -0.481 e. The molecule has 1 aliphatic heterocycles. The maximum atomic E-state index is 11.4. The van der Waals surface area contributed by atoms with Crippen LogP contribution in [0.25, 0.3) is 0 Å². The first kappa shape index (κ1) is 11.6. The van der Waals surface area contributed by atoms with Gasteiger partial charge in [0.1, 0.15) is 0 Å². The highest BCUT2D eigenvalue weighted by atomic mass is 16.4. The summed E-state index contributed by atoms with van der Waals surface area (Å²) in [7, 11) is 0. The summed E-state index contributed by atoms with van der Waals surface area (Å²) < 4.78 is 0. The van der Waals surface area contributed by atoms with Crippen molar-refractivity contribution < 1.29 is 14.7 Å². The van der Waals surface area contributed by atoms with E-state index in [0.717, 1.165) is 5.56 Å². The van der Waals surface area contributed by atoms with Crippen molar-refractivity contribution in [3.63, 3.8) is 0 Å². The van der Waals surface area contributed by atoms with Crippen LogP contribution >= 0.6 is 0 Å². The van der Waals surface area contributed by atoms with Crippen molar-refractivity contribution in [3.8, 4) is 0 Å². The number of carbonyl (C=O) groups excluding carboxylic acids is 1. The number of aliphatic carboxylic acids is 1. The molecule has 0 bridgehead atoms. The monoisotopic (exact) mass is 234 g/mol. The van der Waals surface area contributed by atoms with Crippen molar-refractivity contribution in [3.05, 3.63) is 35.9 Å². The summed E-state index contributed by atoms with van der Waals surface area (Å²) in [5.74, 6) is -0.929. The molecule has 0 aliphatic carbocycles. The summed E-state index contributed by atoms with van der Waals surface area (Å²) in [5, 5.41) is 10.4. The molecular formula is C12H14N2O3. The Morgan fingerprint density at radius 2 is 2.12 bits per heavy atom. The van der Waals surface area contributed by atoms with Crippen LogP contribution in [0.1, 0.15) is 24.4 Å². The van der Waals surface area contributed by atoms with E-state index in [1.54, 1.807) is 5.01 Å². The lowest BCUT2D eigenvalue weighted by Gasteiger charge is -2.22. The number of benzene rings is 1. The fourth-order valence-electron chi connectivity index (χ4n) is 1.97. The van der Waals surface area contributed by atoms with E-state index in [4.69, 9.17) is 5.11 Å². The number of nitrogens with one attached hydrogen (secondary N) is 1. The van der Waals surface area contributed by atoms with E-state index in [2.05, 4.69) is 5.43 Å². The predicted octanol–water partition coefficient (Wildman–Crippen LogP) is 0.939. The van der Waals surface area contributed by atoms with E-state index in [0.29, 0.717) is 13.0 Å². The highest BCUT2D eigenvalue weighted by Crippen LogP contribution is 2.27. The van der Waals surface area contributed by atoms with Gasteiger partial charge in [-0.3, -0.25) is 15.0 Å². The number of amides is 1. The molecule has 90 valence electrons. The molecule has 1 fully saturated rings. The van der Waals surface area contributed by atoms with Crippen LogP contribution in [0.4, 0.5) is 0 Å². The molecule has 1 aromatic rings. The van der Waals surface area contributed by atoms with E-state index in [9.17, 15) is 9.59 Å². The molecule has 2 rings (SSSR count). The highest BCUT2D eigenvalue weighted by Gasteiger charge is 2.31. The largest absolute Gasteiger partial charge is 0.481 e. The molecule has 5 heteroatoms. The third-order valence-corrected chi connectivity index (χ3v) is 2.77. The van der Waals surface area contributed by atoms with Crippen LogP contribution in [0.15, 0.2) is 30.3 Å². The fraction of sp³-hybridized carbons (Fsp3) is 0.333. The second-order valence-electron chi connectivity index (χ2n) is 4.00. The lowest BCUT2D eigenvalue weighted by atomic mass is 10.0. The Morgan fingerprint density at radius 3 is 2.76 bits per heavy atom. The summed E-state index contributed by atoms with van der Waals surface area (Å²) >= 11 is 0. The van der Waals surface area contributed by atoms with Gasteiger partial charge < -0.3 is 5.11 Å². The zero-order chi connectivity index (χ0) is 12.3. The van der Waals surface area contributed by atoms with Gasteiger partial charge in [-0.2, -0.15) is 0 Å². The van der Waals surface area contributed by atoms with E-state index < -0.39 is 5.97 Å². The van der Waals surface area contributed by atoms with Gasteiger partial charge in [0.25, 0.3) is 0 Å². The molecule has 1 aromatic carbocycles. The Balaban J connectivity index is 2.09. The molecule has 0 spiro atoms. The molecule has 1 aliphatic rings. The van der Waals surface area contributed by atoms with Gasteiger partial charge in [0.05, 0.1) is 12.5 Å². The summed E-state index contributed by atoms with van der Waals surface area (Å²) in [6.45, 7) is 0.320. The first-order valence-electron chi connectivity index (χ1n) is 5.49. The summed E-state index contributed by atoms with van der Waals surface area (Å²) in [4.78, 5) is 21.9. The van der Waals surface area contributed by atoms with Crippen LogP contribution in [0, 0.1) is 0 Å². The van der Waals surface area contributed by atoms with Gasteiger partial charge in [0.15, 0.2) is 0 Å². The average Bonchev–Trinajstić information content (AvgIpc) is 2.69. The maximum absolute atomic E-state index is 11.4. The van der Waals surface area contributed by atoms with Crippen LogP contribution in [-0.4, -0.2) is 28.5 Å². The second-order valence-corrected chi connectivity index (χ2v) is 4.00. The lowest BCUT2D eigenvalue weighted by Crippen LogP contribution is -2.36. The Bertz CT molecular complexity index is 419. The molecule has 0 aromatic heterocycles. The SMILES string of the molecule is O=C(O)CCN1NC(=O)CC1c1ccccc1. The number of carboxylic acid groups (broad SMARTS) is 1. The van der Waals surface area contributed by atoms with Crippen LogP contribution in [0.5, 0.6) is 0 Å². The molecule has 17 heavy (non-hydrogen) atoms. The Labute approximate surface area is 99.0 Å². The van der Waals surface area contributed by atoms with Crippen molar-refractivity contribution >= 4 is 11.9 Å². The van der Waals surface area contributed by atoms with Crippen molar-refractivity contribution in [2.24, 2.45) is 0 Å². The average molecular weight is 234 g/mol. The number of hydrogen-bond acceptors (Lipinski definition) is 3. The molecule has 1 saturated heterocycles. The second kappa shape index (κ2) is 4.97. The maximum Gasteiger partial charge on any atom is 0.304 e. The molecule has 2 N–H and O–H groups in total. The van der Waals surface area contributed by atoms with Crippen molar-refractivity contribution in [2.45, 2.75) is 18.9 Å². The molecule has 0 saturated carbocycles. The minimum atomic E-state index is -0.863. The molecular weight excluding hydrogens is 220 g/mol. The molecule has 5 nitrogen and oxygen atoms in total. The lowest BCUT2D eigenvalue weighted by molar-refractivity contribution is -0.138. The quantitative estimate of drug-likeness (QED) is 0.813. The van der Waals surface area contributed by atoms with Gasteiger partial charge >= 0.3 is 5.97 Å². The molecule has 1 amide bonds. The van der Waals surface area contributed by atoms with E-state index in [1.807, 2.05) is 30.3 Å². The Kier molecular flexibility index (Phi) is 3.39. The number of hydrazine groups is 1. The summed E-state index contributed by atoms with van der Waals surface area (Å²) in [6, 6.07) is 9.55. The summed E-state index contributed by atoms with van der Waals surface area (Å²) in [5.41, 5.74) is 3.71. The van der Waals surface area contributed by atoms with Crippen LogP contribution < -0.4 is 5.43 Å². The highest BCUT2D eigenvalue weighted by molar-refractivity contribution is 5.78. The zero-order valence-electron chi connectivity index (χ0n) is 9.30. The van der Waals surface area contributed by atoms with Gasteiger partial charge in [-0.25, -0.2) is 5.01 Å². The number of nitrogens with zero attached hydrogens (tertiary/aromatic N) is 1.